The molecule has 5 nitrogen and oxygen atoms in total. The molecule has 3 aromatic rings. The number of imidazole rings is 1. The highest BCUT2D eigenvalue weighted by Crippen LogP contribution is 2.29. The topological polar surface area (TPSA) is 50.5 Å². The Bertz CT molecular complexity index is 956. The van der Waals surface area contributed by atoms with Gasteiger partial charge in [0.05, 0.1) is 11.0 Å². The number of aromatic hydroxyl groups is 1. The van der Waals surface area contributed by atoms with Crippen LogP contribution < -0.4 is 4.74 Å². The van der Waals surface area contributed by atoms with E-state index in [0.717, 1.165) is 67.1 Å². The van der Waals surface area contributed by atoms with Crippen molar-refractivity contribution in [1.29, 1.82) is 0 Å². The van der Waals surface area contributed by atoms with E-state index in [1.807, 2.05) is 6.07 Å². The van der Waals surface area contributed by atoms with Crippen molar-refractivity contribution < 1.29 is 9.84 Å². The number of fused-ring (bicyclic) bond motifs is 1. The van der Waals surface area contributed by atoms with Crippen LogP contribution in [0.2, 0.25) is 0 Å². The summed E-state index contributed by atoms with van der Waals surface area (Å²) in [6.45, 7) is 8.80. The second kappa shape index (κ2) is 9.52. The number of piperidine rings is 1. The predicted octanol–water partition coefficient (Wildman–Crippen LogP) is 5.46. The minimum atomic E-state index is 0.250. The number of phenolic OH excluding ortho intramolecular Hbond substituents is 1. The van der Waals surface area contributed by atoms with Crippen LogP contribution in [0.15, 0.2) is 42.5 Å². The van der Waals surface area contributed by atoms with Gasteiger partial charge in [0.15, 0.2) is 0 Å². The number of rotatable bonds is 8. The third-order valence-electron chi connectivity index (χ3n) is 5.96. The molecule has 1 saturated heterocycles. The molecule has 0 saturated carbocycles. The molecule has 1 N–H and O–H groups in total. The smallest absolute Gasteiger partial charge is 0.141 e. The van der Waals surface area contributed by atoms with Crippen molar-refractivity contribution in [2.75, 3.05) is 19.6 Å². The van der Waals surface area contributed by atoms with Crippen LogP contribution in [0, 0.1) is 0 Å². The standard InChI is InChI=1S/C25H33N3O2/c1-3-5-15-27-16-12-22(13-17-27)30-21-9-6-19(7-10-21)25-26-23-18-20(29)8-11-24(23)28(25)14-4-2/h6-11,18,22,29H,3-5,12-17H2,1-2H3. The van der Waals surface area contributed by atoms with Gasteiger partial charge in [-0.1, -0.05) is 20.3 Å². The number of likely N-dealkylation sites (tertiary alicyclic amines) is 1. The maximum Gasteiger partial charge on any atom is 0.141 e. The molecule has 0 spiro atoms. The number of hydrogen-bond acceptors (Lipinski definition) is 4. The molecule has 0 bridgehead atoms. The van der Waals surface area contributed by atoms with Crippen LogP contribution in [0.25, 0.3) is 22.4 Å². The zero-order valence-corrected chi connectivity index (χ0v) is 18.2. The summed E-state index contributed by atoms with van der Waals surface area (Å²) in [7, 11) is 0. The highest BCUT2D eigenvalue weighted by Gasteiger charge is 2.20. The number of unbranched alkanes of at least 4 members (excludes halogenated alkanes) is 1. The Morgan fingerprint density at radius 2 is 1.77 bits per heavy atom. The Kier molecular flexibility index (Phi) is 6.58. The average molecular weight is 408 g/mol. The van der Waals surface area contributed by atoms with Gasteiger partial charge < -0.3 is 19.3 Å². The van der Waals surface area contributed by atoms with Gasteiger partial charge in [-0.25, -0.2) is 4.98 Å². The molecule has 0 aliphatic carbocycles. The summed E-state index contributed by atoms with van der Waals surface area (Å²) in [5, 5.41) is 9.81. The summed E-state index contributed by atoms with van der Waals surface area (Å²) in [5.41, 5.74) is 2.95. The summed E-state index contributed by atoms with van der Waals surface area (Å²) >= 11 is 0. The van der Waals surface area contributed by atoms with Crippen molar-refractivity contribution in [3.8, 4) is 22.9 Å². The lowest BCUT2D eigenvalue weighted by atomic mass is 10.1. The first kappa shape index (κ1) is 20.7. The van der Waals surface area contributed by atoms with Crippen LogP contribution >= 0.6 is 0 Å². The number of aromatic nitrogens is 2. The Morgan fingerprint density at radius 3 is 2.47 bits per heavy atom. The Balaban J connectivity index is 1.46. The highest BCUT2D eigenvalue weighted by molar-refractivity contribution is 5.82. The first-order valence-corrected chi connectivity index (χ1v) is 11.4. The second-order valence-electron chi connectivity index (χ2n) is 8.30. The van der Waals surface area contributed by atoms with E-state index in [4.69, 9.17) is 9.72 Å². The highest BCUT2D eigenvalue weighted by atomic mass is 16.5. The van der Waals surface area contributed by atoms with E-state index in [9.17, 15) is 5.11 Å². The van der Waals surface area contributed by atoms with Crippen molar-refractivity contribution in [2.24, 2.45) is 0 Å². The van der Waals surface area contributed by atoms with Crippen LogP contribution in [-0.2, 0) is 6.54 Å². The fraction of sp³-hybridized carbons (Fsp3) is 0.480. The van der Waals surface area contributed by atoms with E-state index < -0.39 is 0 Å². The number of ether oxygens (including phenoxy) is 1. The summed E-state index contributed by atoms with van der Waals surface area (Å²) in [5.74, 6) is 2.12. The lowest BCUT2D eigenvalue weighted by molar-refractivity contribution is 0.0998. The van der Waals surface area contributed by atoms with Gasteiger partial charge in [0.2, 0.25) is 0 Å². The van der Waals surface area contributed by atoms with E-state index in [2.05, 4.69) is 47.6 Å². The van der Waals surface area contributed by atoms with E-state index >= 15 is 0 Å². The zero-order chi connectivity index (χ0) is 20.9. The summed E-state index contributed by atoms with van der Waals surface area (Å²) in [6, 6.07) is 13.7. The molecule has 2 heterocycles. The predicted molar refractivity (Wildman–Crippen MR) is 122 cm³/mol. The summed E-state index contributed by atoms with van der Waals surface area (Å²) in [6.07, 6.45) is 6.08. The molecular weight excluding hydrogens is 374 g/mol. The Hall–Kier alpha value is -2.53. The van der Waals surface area contributed by atoms with E-state index in [1.165, 1.54) is 19.4 Å². The molecule has 160 valence electrons. The minimum Gasteiger partial charge on any atom is -0.508 e. The van der Waals surface area contributed by atoms with Crippen LogP contribution in [-0.4, -0.2) is 45.3 Å². The fourth-order valence-corrected chi connectivity index (χ4v) is 4.30. The van der Waals surface area contributed by atoms with Crippen LogP contribution in [0.3, 0.4) is 0 Å². The quantitative estimate of drug-likeness (QED) is 0.538. The molecule has 4 rings (SSSR count). The van der Waals surface area contributed by atoms with Gasteiger partial charge in [-0.05, 0) is 68.6 Å². The molecule has 0 amide bonds. The molecule has 2 aromatic carbocycles. The molecule has 1 aliphatic heterocycles. The molecule has 0 unspecified atom stereocenters. The van der Waals surface area contributed by atoms with Gasteiger partial charge in [-0.2, -0.15) is 0 Å². The molecule has 30 heavy (non-hydrogen) atoms. The van der Waals surface area contributed by atoms with Crippen molar-refractivity contribution in [2.45, 2.75) is 58.6 Å². The summed E-state index contributed by atoms with van der Waals surface area (Å²) < 4.78 is 8.50. The molecule has 0 radical (unpaired) electrons. The normalized spacial score (nSPS) is 15.7. The third kappa shape index (κ3) is 4.62. The first-order chi connectivity index (χ1) is 14.7. The molecule has 1 aliphatic rings. The van der Waals surface area contributed by atoms with Crippen LogP contribution in [0.5, 0.6) is 11.5 Å². The molecule has 5 heteroatoms. The van der Waals surface area contributed by atoms with Crippen molar-refractivity contribution in [1.82, 2.24) is 14.5 Å². The lowest BCUT2D eigenvalue weighted by Crippen LogP contribution is -2.38. The van der Waals surface area contributed by atoms with Gasteiger partial charge in [-0.3, -0.25) is 0 Å². The Labute approximate surface area is 179 Å². The van der Waals surface area contributed by atoms with Crippen LogP contribution in [0.4, 0.5) is 0 Å². The maximum absolute atomic E-state index is 9.81. The average Bonchev–Trinajstić information content (AvgIpc) is 3.11. The van der Waals surface area contributed by atoms with Gasteiger partial charge in [0.25, 0.3) is 0 Å². The van der Waals surface area contributed by atoms with Crippen molar-refractivity contribution >= 4 is 11.0 Å². The van der Waals surface area contributed by atoms with Crippen molar-refractivity contribution in [3.05, 3.63) is 42.5 Å². The van der Waals surface area contributed by atoms with Crippen LogP contribution in [0.1, 0.15) is 46.0 Å². The lowest BCUT2D eigenvalue weighted by Gasteiger charge is -2.32. The monoisotopic (exact) mass is 407 g/mol. The first-order valence-electron chi connectivity index (χ1n) is 11.4. The van der Waals surface area contributed by atoms with Gasteiger partial charge in [-0.15, -0.1) is 0 Å². The number of aryl methyl sites for hydroxylation is 1. The second-order valence-corrected chi connectivity index (χ2v) is 8.30. The Morgan fingerprint density at radius 1 is 1.00 bits per heavy atom. The number of nitrogens with zero attached hydrogens (tertiary/aromatic N) is 3. The number of benzene rings is 2. The minimum absolute atomic E-state index is 0.250. The number of phenols is 1. The molecular formula is C25H33N3O2. The van der Waals surface area contributed by atoms with E-state index in [1.54, 1.807) is 12.1 Å². The van der Waals surface area contributed by atoms with Gasteiger partial charge in [0.1, 0.15) is 23.4 Å². The largest absolute Gasteiger partial charge is 0.508 e. The van der Waals surface area contributed by atoms with Gasteiger partial charge >= 0.3 is 0 Å². The fourth-order valence-electron chi connectivity index (χ4n) is 4.30. The van der Waals surface area contributed by atoms with Gasteiger partial charge in [0, 0.05) is 31.3 Å². The maximum atomic E-state index is 9.81. The molecule has 1 aromatic heterocycles. The number of hydrogen-bond donors (Lipinski definition) is 1. The van der Waals surface area contributed by atoms with E-state index in [-0.39, 0.29) is 5.75 Å². The summed E-state index contributed by atoms with van der Waals surface area (Å²) in [4.78, 5) is 7.36. The molecule has 0 atom stereocenters. The molecule has 1 fully saturated rings. The third-order valence-corrected chi connectivity index (χ3v) is 5.96. The van der Waals surface area contributed by atoms with E-state index in [0.29, 0.717) is 6.10 Å². The SMILES string of the molecule is CCCCN1CCC(Oc2ccc(-c3nc4cc(O)ccc4n3CCC)cc2)CC1. The van der Waals surface area contributed by atoms with Crippen molar-refractivity contribution in [3.63, 3.8) is 0 Å². The zero-order valence-electron chi connectivity index (χ0n) is 18.2.